The van der Waals surface area contributed by atoms with Gasteiger partial charge in [-0.05, 0) is 28.8 Å². The van der Waals surface area contributed by atoms with Crippen molar-refractivity contribution < 1.29 is 9.13 Å². The number of halogens is 1. The van der Waals surface area contributed by atoms with Crippen LogP contribution in [0.4, 0.5) is 4.39 Å². The van der Waals surface area contributed by atoms with Crippen LogP contribution < -0.4 is 16.0 Å². The first-order valence-corrected chi connectivity index (χ1v) is 11.1. The minimum absolute atomic E-state index is 0.181. The smallest absolute Gasteiger partial charge is 0.332 e. The highest BCUT2D eigenvalue weighted by Gasteiger charge is 2.24. The molecule has 0 atom stereocenters. The lowest BCUT2D eigenvalue weighted by atomic mass is 10.0. The van der Waals surface area contributed by atoms with Gasteiger partial charge >= 0.3 is 5.69 Å². The molecule has 5 rings (SSSR count). The van der Waals surface area contributed by atoms with Crippen molar-refractivity contribution in [1.29, 1.82) is 0 Å². The number of aryl methyl sites for hydroxylation is 1. The standard InChI is InChI=1S/C27H23FN4O3/c1-30-24-22(25(33)31(2)27(30)34)32(17-18-13-15-21(28)16-14-18)26(29-24)35-23(19-9-5-3-6-10-19)20-11-7-4-8-12-20/h3-16,23H,17H2,1-2H3. The number of aromatic nitrogens is 4. The number of imidazole rings is 1. The monoisotopic (exact) mass is 470 g/mol. The highest BCUT2D eigenvalue weighted by Crippen LogP contribution is 2.30. The molecule has 0 radical (unpaired) electrons. The molecule has 0 amide bonds. The van der Waals surface area contributed by atoms with Gasteiger partial charge in [-0.3, -0.25) is 18.5 Å². The summed E-state index contributed by atoms with van der Waals surface area (Å²) >= 11 is 0. The van der Waals surface area contributed by atoms with Crippen molar-refractivity contribution in [2.24, 2.45) is 14.1 Å². The zero-order valence-corrected chi connectivity index (χ0v) is 19.3. The molecule has 2 heterocycles. The number of ether oxygens (including phenoxy) is 1. The molecule has 0 unspecified atom stereocenters. The van der Waals surface area contributed by atoms with Crippen molar-refractivity contribution in [3.63, 3.8) is 0 Å². The van der Waals surface area contributed by atoms with Crippen molar-refractivity contribution in [2.75, 3.05) is 0 Å². The Balaban J connectivity index is 1.72. The number of nitrogens with zero attached hydrogens (tertiary/aromatic N) is 4. The average molecular weight is 471 g/mol. The minimum Gasteiger partial charge on any atom is -0.451 e. The third kappa shape index (κ3) is 4.14. The van der Waals surface area contributed by atoms with E-state index in [0.29, 0.717) is 0 Å². The highest BCUT2D eigenvalue weighted by molar-refractivity contribution is 5.72. The van der Waals surface area contributed by atoms with Crippen molar-refractivity contribution >= 4 is 11.2 Å². The predicted octanol–water partition coefficient (Wildman–Crippen LogP) is 3.79. The Morgan fingerprint density at radius 3 is 1.97 bits per heavy atom. The summed E-state index contributed by atoms with van der Waals surface area (Å²) in [4.78, 5) is 30.4. The van der Waals surface area contributed by atoms with E-state index in [0.717, 1.165) is 21.3 Å². The van der Waals surface area contributed by atoms with Gasteiger partial charge in [0.1, 0.15) is 5.82 Å². The molecule has 3 aromatic carbocycles. The van der Waals surface area contributed by atoms with Crippen LogP contribution in [0.1, 0.15) is 22.8 Å². The van der Waals surface area contributed by atoms with E-state index in [4.69, 9.17) is 4.74 Å². The van der Waals surface area contributed by atoms with Gasteiger partial charge in [-0.2, -0.15) is 4.98 Å². The van der Waals surface area contributed by atoms with Gasteiger partial charge in [-0.15, -0.1) is 0 Å². The lowest BCUT2D eigenvalue weighted by molar-refractivity contribution is 0.218. The summed E-state index contributed by atoms with van der Waals surface area (Å²) in [5, 5.41) is 0. The maximum absolute atomic E-state index is 13.5. The molecule has 2 aromatic heterocycles. The van der Waals surface area contributed by atoms with Crippen molar-refractivity contribution in [3.05, 3.63) is 128 Å². The Hall–Kier alpha value is -4.46. The van der Waals surface area contributed by atoms with Crippen molar-refractivity contribution in [2.45, 2.75) is 12.6 Å². The van der Waals surface area contributed by atoms with Crippen LogP contribution in [0, 0.1) is 5.82 Å². The molecule has 0 saturated heterocycles. The van der Waals surface area contributed by atoms with E-state index in [1.54, 1.807) is 23.7 Å². The Morgan fingerprint density at radius 1 is 0.829 bits per heavy atom. The summed E-state index contributed by atoms with van der Waals surface area (Å²) in [6.45, 7) is 0.204. The fraction of sp³-hybridized carbons (Fsp3) is 0.148. The molecule has 35 heavy (non-hydrogen) atoms. The van der Waals surface area contributed by atoms with Crippen LogP contribution in [-0.4, -0.2) is 18.7 Å². The van der Waals surface area contributed by atoms with Gasteiger partial charge in [-0.25, -0.2) is 9.18 Å². The number of benzene rings is 3. The summed E-state index contributed by atoms with van der Waals surface area (Å²) < 4.78 is 24.0. The van der Waals surface area contributed by atoms with Gasteiger partial charge in [0.25, 0.3) is 11.6 Å². The Morgan fingerprint density at radius 2 is 1.40 bits per heavy atom. The molecule has 176 valence electrons. The Kier molecular flexibility index (Phi) is 5.78. The number of fused-ring (bicyclic) bond motifs is 1. The topological polar surface area (TPSA) is 71.1 Å². The Labute approximate surface area is 200 Å². The molecular weight excluding hydrogens is 447 g/mol. The fourth-order valence-electron chi connectivity index (χ4n) is 4.13. The first-order valence-electron chi connectivity index (χ1n) is 11.1. The summed E-state index contributed by atoms with van der Waals surface area (Å²) in [5.74, 6) is -0.354. The molecule has 0 aliphatic carbocycles. The van der Waals surface area contributed by atoms with Gasteiger partial charge in [0, 0.05) is 14.1 Å². The number of rotatable bonds is 6. The van der Waals surface area contributed by atoms with Gasteiger partial charge in [0.15, 0.2) is 17.3 Å². The largest absolute Gasteiger partial charge is 0.451 e. The van der Waals surface area contributed by atoms with E-state index < -0.39 is 17.4 Å². The van der Waals surface area contributed by atoms with Crippen LogP contribution in [0.5, 0.6) is 6.01 Å². The first kappa shape index (κ1) is 22.3. The molecule has 0 fully saturated rings. The SMILES string of the molecule is Cn1c(=O)c2c(nc(OC(c3ccccc3)c3ccccc3)n2Cc2ccc(F)cc2)n(C)c1=O. The molecule has 0 bridgehead atoms. The molecule has 0 aliphatic heterocycles. The average Bonchev–Trinajstić information content (AvgIpc) is 3.25. The lowest BCUT2D eigenvalue weighted by Gasteiger charge is -2.20. The molecule has 8 heteroatoms. The molecule has 5 aromatic rings. The maximum Gasteiger partial charge on any atom is 0.332 e. The second kappa shape index (κ2) is 9.06. The zero-order chi connectivity index (χ0) is 24.5. The number of hydrogen-bond donors (Lipinski definition) is 0. The third-order valence-corrected chi connectivity index (χ3v) is 5.99. The summed E-state index contributed by atoms with van der Waals surface area (Å²) in [6, 6.07) is 25.6. The molecule has 0 N–H and O–H groups in total. The van der Waals surface area contributed by atoms with Gasteiger partial charge < -0.3 is 4.74 Å². The van der Waals surface area contributed by atoms with E-state index in [1.807, 2.05) is 60.7 Å². The number of hydrogen-bond acceptors (Lipinski definition) is 4. The van der Waals surface area contributed by atoms with Crippen LogP contribution in [0.3, 0.4) is 0 Å². The van der Waals surface area contributed by atoms with E-state index in [1.165, 1.54) is 23.7 Å². The van der Waals surface area contributed by atoms with E-state index >= 15 is 0 Å². The van der Waals surface area contributed by atoms with Crippen molar-refractivity contribution in [1.82, 2.24) is 18.7 Å². The minimum atomic E-state index is -0.512. The molecular formula is C27H23FN4O3. The van der Waals surface area contributed by atoms with Crippen LogP contribution >= 0.6 is 0 Å². The van der Waals surface area contributed by atoms with E-state index in [-0.39, 0.29) is 29.5 Å². The normalized spacial score (nSPS) is 11.3. The molecule has 0 spiro atoms. The van der Waals surface area contributed by atoms with Gasteiger partial charge in [-0.1, -0.05) is 72.8 Å². The molecule has 0 saturated carbocycles. The predicted molar refractivity (Wildman–Crippen MR) is 131 cm³/mol. The lowest BCUT2D eigenvalue weighted by Crippen LogP contribution is -2.37. The van der Waals surface area contributed by atoms with Gasteiger partial charge in [0.2, 0.25) is 0 Å². The van der Waals surface area contributed by atoms with Crippen LogP contribution in [0.15, 0.2) is 94.5 Å². The van der Waals surface area contributed by atoms with Gasteiger partial charge in [0.05, 0.1) is 6.54 Å². The van der Waals surface area contributed by atoms with E-state index in [9.17, 15) is 14.0 Å². The highest BCUT2D eigenvalue weighted by atomic mass is 19.1. The van der Waals surface area contributed by atoms with Crippen LogP contribution in [0.2, 0.25) is 0 Å². The van der Waals surface area contributed by atoms with Crippen LogP contribution in [-0.2, 0) is 20.6 Å². The summed E-state index contributed by atoms with van der Waals surface area (Å²) in [6.07, 6.45) is -0.512. The van der Waals surface area contributed by atoms with Crippen molar-refractivity contribution in [3.8, 4) is 6.01 Å². The summed E-state index contributed by atoms with van der Waals surface area (Å²) in [5.41, 5.74) is 2.04. The molecule has 0 aliphatic rings. The zero-order valence-electron chi connectivity index (χ0n) is 19.3. The second-order valence-corrected chi connectivity index (χ2v) is 8.30. The second-order valence-electron chi connectivity index (χ2n) is 8.30. The fourth-order valence-corrected chi connectivity index (χ4v) is 4.13. The van der Waals surface area contributed by atoms with Crippen LogP contribution in [0.25, 0.3) is 11.2 Å². The quantitative estimate of drug-likeness (QED) is 0.379. The Bertz CT molecular complexity index is 1570. The van der Waals surface area contributed by atoms with E-state index in [2.05, 4.69) is 4.98 Å². The third-order valence-electron chi connectivity index (χ3n) is 5.99. The first-order chi connectivity index (χ1) is 16.9. The maximum atomic E-state index is 13.5. The molecule has 7 nitrogen and oxygen atoms in total. The summed E-state index contributed by atoms with van der Waals surface area (Å²) in [7, 11) is 2.99.